The van der Waals surface area contributed by atoms with Gasteiger partial charge in [-0.1, -0.05) is 12.1 Å². The summed E-state index contributed by atoms with van der Waals surface area (Å²) < 4.78 is 0. The van der Waals surface area contributed by atoms with Gasteiger partial charge in [0.2, 0.25) is 0 Å². The van der Waals surface area contributed by atoms with Gasteiger partial charge in [-0.05, 0) is 31.3 Å². The van der Waals surface area contributed by atoms with Crippen LogP contribution in [0.4, 0.5) is 0 Å². The zero-order valence-corrected chi connectivity index (χ0v) is 17.8. The first-order valence-electron chi connectivity index (χ1n) is 10.1. The van der Waals surface area contributed by atoms with Crippen molar-refractivity contribution in [2.24, 2.45) is 23.7 Å². The van der Waals surface area contributed by atoms with Crippen LogP contribution in [0.5, 0.6) is 0 Å². The zero-order valence-electron chi connectivity index (χ0n) is 17.8. The minimum absolute atomic E-state index is 0.164. The van der Waals surface area contributed by atoms with Crippen LogP contribution in [0.1, 0.15) is 23.5 Å². The Morgan fingerprint density at radius 1 is 0.735 bits per heavy atom. The first kappa shape index (κ1) is 24.5. The van der Waals surface area contributed by atoms with Crippen molar-refractivity contribution in [1.29, 1.82) is 0 Å². The molecule has 0 saturated carbocycles. The number of aromatic nitrogens is 2. The summed E-state index contributed by atoms with van der Waals surface area (Å²) >= 11 is 0. The molecule has 1 saturated heterocycles. The van der Waals surface area contributed by atoms with E-state index in [0.717, 1.165) is 0 Å². The number of piperidine rings is 1. The minimum Gasteiger partial charge on any atom is -0.481 e. The molecule has 2 aromatic heterocycles. The SMILES string of the molecule is CN1C(c2ccccn2)C(C(C(=O)O)C(=O)O)C(=O)C(C(C(=O)O)C(=O)O)C1c1ccccn1. The van der Waals surface area contributed by atoms with E-state index in [4.69, 9.17) is 0 Å². The molecule has 12 nitrogen and oxygen atoms in total. The summed E-state index contributed by atoms with van der Waals surface area (Å²) in [7, 11) is 1.42. The number of nitrogens with zero attached hydrogens (tertiary/aromatic N) is 3. The van der Waals surface area contributed by atoms with Gasteiger partial charge in [-0.15, -0.1) is 0 Å². The molecule has 0 radical (unpaired) electrons. The normalized spacial score (nSPS) is 23.1. The van der Waals surface area contributed by atoms with Crippen molar-refractivity contribution < 1.29 is 44.4 Å². The molecule has 0 bridgehead atoms. The van der Waals surface area contributed by atoms with Crippen molar-refractivity contribution in [2.75, 3.05) is 7.05 Å². The standard InChI is InChI=1S/C22H21N3O9/c1-25-16(10-6-2-4-8-23-10)12(14(19(27)28)20(29)30)18(26)13(15(21(31)32)22(33)34)17(25)11-7-3-5-9-24-11/h2-9,12-17H,1H3,(H,27,28)(H,29,30)(H,31,32)(H,33,34). The molecule has 2 aromatic rings. The molecule has 0 aliphatic carbocycles. The smallest absolute Gasteiger partial charge is 0.318 e. The van der Waals surface area contributed by atoms with E-state index in [1.807, 2.05) is 0 Å². The Morgan fingerprint density at radius 2 is 1.09 bits per heavy atom. The summed E-state index contributed by atoms with van der Waals surface area (Å²) in [6.45, 7) is 0. The average Bonchev–Trinajstić information content (AvgIpc) is 2.77. The summed E-state index contributed by atoms with van der Waals surface area (Å²) in [5, 5.41) is 38.7. The number of likely N-dealkylation sites (tertiary alicyclic amines) is 1. The molecule has 12 heteroatoms. The van der Waals surface area contributed by atoms with Gasteiger partial charge in [-0.2, -0.15) is 0 Å². The number of rotatable bonds is 8. The van der Waals surface area contributed by atoms with Crippen LogP contribution in [0, 0.1) is 23.7 Å². The second-order valence-corrected chi connectivity index (χ2v) is 7.83. The number of hydrogen-bond donors (Lipinski definition) is 4. The van der Waals surface area contributed by atoms with E-state index >= 15 is 0 Å². The van der Waals surface area contributed by atoms with Gasteiger partial charge >= 0.3 is 23.9 Å². The largest absolute Gasteiger partial charge is 0.481 e. The molecule has 1 aliphatic heterocycles. The first-order chi connectivity index (χ1) is 16.1. The van der Waals surface area contributed by atoms with Gasteiger partial charge in [0.1, 0.15) is 5.78 Å². The van der Waals surface area contributed by atoms with Crippen LogP contribution in [0.25, 0.3) is 0 Å². The first-order valence-corrected chi connectivity index (χ1v) is 10.1. The van der Waals surface area contributed by atoms with Gasteiger partial charge in [-0.3, -0.25) is 38.8 Å². The maximum absolute atomic E-state index is 13.8. The number of ketones is 1. The van der Waals surface area contributed by atoms with Crippen molar-refractivity contribution in [3.8, 4) is 0 Å². The fraction of sp³-hybridized carbons (Fsp3) is 0.318. The number of hydrogen-bond acceptors (Lipinski definition) is 8. The third-order valence-electron chi connectivity index (χ3n) is 5.98. The lowest BCUT2D eigenvalue weighted by molar-refractivity contribution is -0.172. The van der Waals surface area contributed by atoms with Gasteiger partial charge in [0, 0.05) is 12.4 Å². The van der Waals surface area contributed by atoms with E-state index in [2.05, 4.69) is 9.97 Å². The molecule has 3 rings (SSSR count). The molecule has 178 valence electrons. The van der Waals surface area contributed by atoms with Crippen LogP contribution in [0.15, 0.2) is 48.8 Å². The van der Waals surface area contributed by atoms with Crippen molar-refractivity contribution in [3.05, 3.63) is 60.2 Å². The molecule has 0 spiro atoms. The number of carbonyl (C=O) groups is 5. The lowest BCUT2D eigenvalue weighted by atomic mass is 9.66. The van der Waals surface area contributed by atoms with Gasteiger partial charge in [0.25, 0.3) is 0 Å². The summed E-state index contributed by atoms with van der Waals surface area (Å²) in [4.78, 5) is 71.3. The highest BCUT2D eigenvalue weighted by Crippen LogP contribution is 2.49. The molecule has 4 unspecified atom stereocenters. The average molecular weight is 471 g/mol. The highest BCUT2D eigenvalue weighted by atomic mass is 16.4. The Morgan fingerprint density at radius 3 is 1.35 bits per heavy atom. The maximum Gasteiger partial charge on any atom is 0.318 e. The minimum atomic E-state index is -2.28. The molecule has 4 N–H and O–H groups in total. The van der Waals surface area contributed by atoms with E-state index in [-0.39, 0.29) is 11.4 Å². The van der Waals surface area contributed by atoms with Crippen LogP contribution in [-0.4, -0.2) is 72.0 Å². The van der Waals surface area contributed by atoms with Crippen molar-refractivity contribution in [2.45, 2.75) is 12.1 Å². The Balaban J connectivity index is 2.32. The Hall–Kier alpha value is -4.19. The summed E-state index contributed by atoms with van der Waals surface area (Å²) in [5.74, 6) is -16.6. The predicted octanol–water partition coefficient (Wildman–Crippen LogP) is 0.577. The second kappa shape index (κ2) is 9.75. The fourth-order valence-corrected chi connectivity index (χ4v) is 4.62. The number of carboxylic acid groups (broad SMARTS) is 4. The molecule has 4 atom stereocenters. The van der Waals surface area contributed by atoms with Gasteiger partial charge in [0.15, 0.2) is 11.8 Å². The van der Waals surface area contributed by atoms with Crippen LogP contribution in [-0.2, 0) is 24.0 Å². The summed E-state index contributed by atoms with van der Waals surface area (Å²) in [5.41, 5.74) is 0.329. The van der Waals surface area contributed by atoms with E-state index in [1.54, 1.807) is 24.3 Å². The number of carboxylic acids is 4. The van der Waals surface area contributed by atoms with E-state index < -0.39 is 65.4 Å². The highest BCUT2D eigenvalue weighted by Gasteiger charge is 2.59. The van der Waals surface area contributed by atoms with Crippen LogP contribution in [0.2, 0.25) is 0 Å². The van der Waals surface area contributed by atoms with Gasteiger partial charge in [0.05, 0.1) is 35.3 Å². The molecule has 1 aliphatic rings. The Labute approximate surface area is 192 Å². The maximum atomic E-state index is 13.8. The van der Waals surface area contributed by atoms with Gasteiger partial charge in [-0.25, -0.2) is 0 Å². The predicted molar refractivity (Wildman–Crippen MR) is 111 cm³/mol. The Bertz CT molecular complexity index is 996. The van der Waals surface area contributed by atoms with Crippen LogP contribution < -0.4 is 0 Å². The molecular weight excluding hydrogens is 450 g/mol. The molecule has 1 fully saturated rings. The highest BCUT2D eigenvalue weighted by molar-refractivity contribution is 6.04. The second-order valence-electron chi connectivity index (χ2n) is 7.83. The number of Topliss-reactive ketones (excluding diaryl/α,β-unsaturated/α-hetero) is 1. The summed E-state index contributed by atoms with van der Waals surface area (Å²) in [6.07, 6.45) is 2.75. The number of carbonyl (C=O) groups excluding carboxylic acids is 1. The number of pyridine rings is 2. The number of aliphatic carboxylic acids is 4. The lowest BCUT2D eigenvalue weighted by Crippen LogP contribution is -2.57. The van der Waals surface area contributed by atoms with Crippen LogP contribution in [0.3, 0.4) is 0 Å². The van der Waals surface area contributed by atoms with Crippen molar-refractivity contribution >= 4 is 29.7 Å². The van der Waals surface area contributed by atoms with E-state index in [1.165, 1.54) is 36.5 Å². The fourth-order valence-electron chi connectivity index (χ4n) is 4.62. The molecule has 0 amide bonds. The quantitative estimate of drug-likeness (QED) is 0.391. The summed E-state index contributed by atoms with van der Waals surface area (Å²) in [6, 6.07) is 6.77. The third kappa shape index (κ3) is 4.35. The van der Waals surface area contributed by atoms with E-state index in [9.17, 15) is 44.4 Å². The molecule has 3 heterocycles. The van der Waals surface area contributed by atoms with Crippen LogP contribution >= 0.6 is 0 Å². The molecule has 34 heavy (non-hydrogen) atoms. The van der Waals surface area contributed by atoms with Gasteiger partial charge < -0.3 is 20.4 Å². The topological polar surface area (TPSA) is 195 Å². The van der Waals surface area contributed by atoms with Crippen molar-refractivity contribution in [3.63, 3.8) is 0 Å². The van der Waals surface area contributed by atoms with Crippen molar-refractivity contribution in [1.82, 2.24) is 14.9 Å². The third-order valence-corrected chi connectivity index (χ3v) is 5.98. The van der Waals surface area contributed by atoms with E-state index in [0.29, 0.717) is 0 Å². The molecular formula is C22H21N3O9. The Kier molecular flexibility index (Phi) is 7.01. The monoisotopic (exact) mass is 471 g/mol. The molecule has 0 aromatic carbocycles. The zero-order chi connectivity index (χ0) is 25.2. The lowest BCUT2D eigenvalue weighted by Gasteiger charge is -2.48.